The number of aryl methyl sites for hydroxylation is 1. The molecular weight excluding hydrogens is 421 g/mol. The van der Waals surface area contributed by atoms with Crippen molar-refractivity contribution in [1.29, 1.82) is 0 Å². The molecular formula is C26H26FN3O3. The highest BCUT2D eigenvalue weighted by Gasteiger charge is 2.51. The maximum Gasteiger partial charge on any atom is 0.168 e. The second-order valence-electron chi connectivity index (χ2n) is 8.76. The van der Waals surface area contributed by atoms with Crippen LogP contribution in [-0.2, 0) is 15.2 Å². The molecule has 1 aromatic heterocycles. The molecule has 3 atom stereocenters. The van der Waals surface area contributed by atoms with Crippen LogP contribution in [0.4, 0.5) is 4.39 Å². The van der Waals surface area contributed by atoms with E-state index in [0.717, 1.165) is 40.4 Å². The van der Waals surface area contributed by atoms with Gasteiger partial charge >= 0.3 is 0 Å². The molecule has 2 aliphatic heterocycles. The van der Waals surface area contributed by atoms with E-state index in [1.54, 1.807) is 25.6 Å². The summed E-state index contributed by atoms with van der Waals surface area (Å²) in [6.45, 7) is 5.99. The third kappa shape index (κ3) is 3.77. The summed E-state index contributed by atoms with van der Waals surface area (Å²) >= 11 is 0. The van der Waals surface area contributed by atoms with Crippen molar-refractivity contribution in [3.63, 3.8) is 0 Å². The Balaban J connectivity index is 1.48. The Morgan fingerprint density at radius 2 is 2.00 bits per heavy atom. The van der Waals surface area contributed by atoms with Crippen LogP contribution >= 0.6 is 0 Å². The summed E-state index contributed by atoms with van der Waals surface area (Å²) in [5.41, 5.74) is 3.74. The van der Waals surface area contributed by atoms with Gasteiger partial charge in [-0.05, 0) is 68.7 Å². The minimum Gasteiger partial charge on any atom is -0.495 e. The number of hydrogen-bond acceptors (Lipinski definition) is 5. The van der Waals surface area contributed by atoms with Gasteiger partial charge in [-0.2, -0.15) is 0 Å². The number of hydrogen-bond donors (Lipinski definition) is 0. The van der Waals surface area contributed by atoms with Gasteiger partial charge in [-0.25, -0.2) is 9.37 Å². The molecule has 0 spiro atoms. The van der Waals surface area contributed by atoms with Crippen LogP contribution in [0.25, 0.3) is 11.8 Å². The Morgan fingerprint density at radius 1 is 1.21 bits per heavy atom. The molecule has 3 heterocycles. The third-order valence-corrected chi connectivity index (χ3v) is 6.39. The molecule has 0 amide bonds. The zero-order valence-electron chi connectivity index (χ0n) is 19.1. The maximum atomic E-state index is 13.5. The molecule has 33 heavy (non-hydrogen) atoms. The Hall–Kier alpha value is -3.61. The van der Waals surface area contributed by atoms with Gasteiger partial charge in [0, 0.05) is 6.20 Å². The lowest BCUT2D eigenvalue weighted by atomic mass is 9.76. The highest BCUT2D eigenvalue weighted by molar-refractivity contribution is 6.05. The summed E-state index contributed by atoms with van der Waals surface area (Å²) in [5.74, 6) is 1.12. The number of rotatable bonds is 4. The maximum absolute atomic E-state index is 13.5. The number of ether oxygens (including phenoxy) is 2. The normalized spacial score (nSPS) is 25.2. The second-order valence-corrected chi connectivity index (χ2v) is 8.76. The van der Waals surface area contributed by atoms with E-state index in [-0.39, 0.29) is 17.8 Å². The minimum absolute atomic E-state index is 0.00643. The van der Waals surface area contributed by atoms with Crippen LogP contribution in [0.15, 0.2) is 65.9 Å². The van der Waals surface area contributed by atoms with Gasteiger partial charge in [0.25, 0.3) is 0 Å². The molecule has 3 aromatic rings. The van der Waals surface area contributed by atoms with E-state index in [1.807, 2.05) is 55.8 Å². The number of benzene rings is 2. The average molecular weight is 448 g/mol. The summed E-state index contributed by atoms with van der Waals surface area (Å²) in [5, 5.41) is 4.42. The molecule has 7 heteroatoms. The van der Waals surface area contributed by atoms with Gasteiger partial charge in [-0.1, -0.05) is 23.4 Å². The second kappa shape index (κ2) is 8.06. The molecule has 0 radical (unpaired) electrons. The number of imidazole rings is 1. The van der Waals surface area contributed by atoms with Gasteiger partial charge in [0.2, 0.25) is 0 Å². The van der Waals surface area contributed by atoms with E-state index in [0.29, 0.717) is 5.76 Å². The van der Waals surface area contributed by atoms with E-state index in [2.05, 4.69) is 10.1 Å². The van der Waals surface area contributed by atoms with Crippen molar-refractivity contribution in [3.8, 4) is 11.4 Å². The third-order valence-electron chi connectivity index (χ3n) is 6.39. The van der Waals surface area contributed by atoms with E-state index in [9.17, 15) is 4.39 Å². The van der Waals surface area contributed by atoms with Crippen molar-refractivity contribution in [3.05, 3.63) is 83.4 Å². The fourth-order valence-corrected chi connectivity index (χ4v) is 4.59. The van der Waals surface area contributed by atoms with Crippen LogP contribution < -0.4 is 4.74 Å². The van der Waals surface area contributed by atoms with Crippen LogP contribution in [0.1, 0.15) is 37.1 Å². The molecule has 2 aliphatic rings. The number of allylic oxidation sites excluding steroid dienone is 1. The lowest BCUT2D eigenvalue weighted by molar-refractivity contribution is -0.0469. The largest absolute Gasteiger partial charge is 0.495 e. The highest BCUT2D eigenvalue weighted by Crippen LogP contribution is 2.46. The van der Waals surface area contributed by atoms with E-state index in [1.165, 1.54) is 12.1 Å². The van der Waals surface area contributed by atoms with Crippen molar-refractivity contribution < 1.29 is 18.7 Å². The predicted octanol–water partition coefficient (Wildman–Crippen LogP) is 5.40. The zero-order valence-corrected chi connectivity index (χ0v) is 19.1. The molecule has 1 unspecified atom stereocenters. The van der Waals surface area contributed by atoms with Crippen LogP contribution in [0.2, 0.25) is 0 Å². The van der Waals surface area contributed by atoms with Crippen molar-refractivity contribution >= 4 is 11.8 Å². The first-order valence-corrected chi connectivity index (χ1v) is 11.0. The molecule has 170 valence electrons. The number of halogens is 1. The lowest BCUT2D eigenvalue weighted by Crippen LogP contribution is -2.40. The van der Waals surface area contributed by atoms with Gasteiger partial charge in [0.15, 0.2) is 5.60 Å². The fourth-order valence-electron chi connectivity index (χ4n) is 4.59. The lowest BCUT2D eigenvalue weighted by Gasteiger charge is -2.35. The number of methoxy groups -OCH3 is 1. The molecule has 5 rings (SSSR count). The number of aromatic nitrogens is 2. The smallest absolute Gasteiger partial charge is 0.168 e. The molecule has 2 aromatic carbocycles. The van der Waals surface area contributed by atoms with Crippen LogP contribution in [-0.4, -0.2) is 28.5 Å². The molecule has 0 saturated carbocycles. The van der Waals surface area contributed by atoms with E-state index < -0.39 is 5.60 Å². The van der Waals surface area contributed by atoms with E-state index in [4.69, 9.17) is 14.3 Å². The molecule has 0 aliphatic carbocycles. The molecule has 0 bridgehead atoms. The fraction of sp³-hybridized carbons (Fsp3) is 0.308. The Kier molecular flexibility index (Phi) is 5.19. The number of fused-ring (bicyclic) bond motifs is 1. The minimum atomic E-state index is -0.680. The summed E-state index contributed by atoms with van der Waals surface area (Å²) in [4.78, 5) is 10.3. The number of oxime groups is 1. The molecule has 6 nitrogen and oxygen atoms in total. The zero-order chi connectivity index (χ0) is 23.2. The van der Waals surface area contributed by atoms with Gasteiger partial charge < -0.3 is 18.9 Å². The van der Waals surface area contributed by atoms with Crippen LogP contribution in [0.3, 0.4) is 0 Å². The van der Waals surface area contributed by atoms with Crippen molar-refractivity contribution in [1.82, 2.24) is 9.55 Å². The van der Waals surface area contributed by atoms with Gasteiger partial charge in [0.1, 0.15) is 23.0 Å². The summed E-state index contributed by atoms with van der Waals surface area (Å²) < 4.78 is 27.2. The first-order chi connectivity index (χ1) is 15.9. The first kappa shape index (κ1) is 21.2. The Bertz CT molecular complexity index is 1250. The van der Waals surface area contributed by atoms with E-state index >= 15 is 0 Å². The van der Waals surface area contributed by atoms with Crippen LogP contribution in [0, 0.1) is 18.7 Å². The molecule has 1 saturated heterocycles. The van der Waals surface area contributed by atoms with Crippen LogP contribution in [0.5, 0.6) is 5.75 Å². The Morgan fingerprint density at radius 3 is 2.70 bits per heavy atom. The monoisotopic (exact) mass is 447 g/mol. The average Bonchev–Trinajstić information content (AvgIpc) is 3.38. The summed E-state index contributed by atoms with van der Waals surface area (Å²) in [7, 11) is 1.65. The quantitative estimate of drug-likeness (QED) is 0.538. The Labute approximate surface area is 192 Å². The SMILES string of the molecule is COc1cc(/C=C2\O[C@H](C)CC3C2=NO[C@]3(C)c2ccc(F)cc2)ccc1-n1cnc(C)c1. The van der Waals surface area contributed by atoms with Gasteiger partial charge in [-0.15, -0.1) is 0 Å². The standard InChI is InChI=1S/C26H26FN3O3/c1-16-14-30(15-28-16)22-10-5-18(12-23(22)31-4)13-24-25-21(11-17(2)32-24)26(3,33-29-25)19-6-8-20(27)9-7-19/h5-10,12-15,17,21H,11H2,1-4H3/b24-13-/t17-,21?,26-/m1/s1. The predicted molar refractivity (Wildman–Crippen MR) is 124 cm³/mol. The molecule has 1 fully saturated rings. The summed E-state index contributed by atoms with van der Waals surface area (Å²) in [6, 6.07) is 12.4. The number of nitrogens with zero attached hydrogens (tertiary/aromatic N) is 3. The van der Waals surface area contributed by atoms with Crippen molar-refractivity contribution in [2.45, 2.75) is 38.9 Å². The van der Waals surface area contributed by atoms with Gasteiger partial charge in [0.05, 0.1) is 36.8 Å². The topological polar surface area (TPSA) is 57.9 Å². The van der Waals surface area contributed by atoms with Crippen molar-refractivity contribution in [2.75, 3.05) is 7.11 Å². The molecule has 0 N–H and O–H groups in total. The summed E-state index contributed by atoms with van der Waals surface area (Å²) in [6.07, 6.45) is 6.42. The first-order valence-electron chi connectivity index (χ1n) is 11.0. The van der Waals surface area contributed by atoms with Gasteiger partial charge in [-0.3, -0.25) is 0 Å². The highest BCUT2D eigenvalue weighted by atomic mass is 19.1. The van der Waals surface area contributed by atoms with Crippen molar-refractivity contribution in [2.24, 2.45) is 11.1 Å².